The molecule has 38 heavy (non-hydrogen) atoms. The monoisotopic (exact) mass is 534 g/mol. The molecule has 0 saturated heterocycles. The van der Waals surface area contributed by atoms with Crippen LogP contribution in [0.4, 0.5) is 5.69 Å². The van der Waals surface area contributed by atoms with Gasteiger partial charge in [0.1, 0.15) is 24.0 Å². The molecular formula is C29H27ClN2O6. The SMILES string of the molecule is CCOC(=O)COc1c(Cl)cc(/C=C(\C#N)C(=O)Nc2ccc(OCc3ccccc3)cc2)cc1OCC. The van der Waals surface area contributed by atoms with E-state index in [9.17, 15) is 14.9 Å². The van der Waals surface area contributed by atoms with Crippen LogP contribution in [0.15, 0.2) is 72.3 Å². The third kappa shape index (κ3) is 8.29. The van der Waals surface area contributed by atoms with E-state index < -0.39 is 11.9 Å². The van der Waals surface area contributed by atoms with Crippen molar-refractivity contribution in [2.24, 2.45) is 0 Å². The number of carbonyl (C=O) groups is 2. The maximum Gasteiger partial charge on any atom is 0.344 e. The molecule has 1 N–H and O–H groups in total. The summed E-state index contributed by atoms with van der Waals surface area (Å²) >= 11 is 6.36. The molecule has 0 spiro atoms. The van der Waals surface area contributed by atoms with Gasteiger partial charge in [-0.05, 0) is 67.4 Å². The van der Waals surface area contributed by atoms with Gasteiger partial charge < -0.3 is 24.3 Å². The van der Waals surface area contributed by atoms with Gasteiger partial charge in [-0.15, -0.1) is 0 Å². The van der Waals surface area contributed by atoms with Crippen molar-refractivity contribution in [2.75, 3.05) is 25.1 Å². The molecule has 8 nitrogen and oxygen atoms in total. The van der Waals surface area contributed by atoms with Crippen molar-refractivity contribution in [3.05, 3.63) is 88.5 Å². The quantitative estimate of drug-likeness (QED) is 0.177. The lowest BCUT2D eigenvalue weighted by atomic mass is 10.1. The molecule has 3 aromatic rings. The zero-order valence-corrected chi connectivity index (χ0v) is 21.8. The van der Waals surface area contributed by atoms with E-state index in [-0.39, 0.29) is 35.3 Å². The van der Waals surface area contributed by atoms with Crippen LogP contribution in [0.2, 0.25) is 5.02 Å². The fraction of sp³-hybridized carbons (Fsp3) is 0.207. The molecular weight excluding hydrogens is 508 g/mol. The van der Waals surface area contributed by atoms with Gasteiger partial charge in [-0.25, -0.2) is 4.79 Å². The van der Waals surface area contributed by atoms with Gasteiger partial charge in [-0.2, -0.15) is 5.26 Å². The highest BCUT2D eigenvalue weighted by Gasteiger charge is 2.16. The van der Waals surface area contributed by atoms with Crippen LogP contribution in [-0.4, -0.2) is 31.7 Å². The summed E-state index contributed by atoms with van der Waals surface area (Å²) in [6, 6.07) is 21.6. The van der Waals surface area contributed by atoms with Gasteiger partial charge in [0.2, 0.25) is 0 Å². The van der Waals surface area contributed by atoms with Crippen molar-refractivity contribution in [2.45, 2.75) is 20.5 Å². The number of hydrogen-bond acceptors (Lipinski definition) is 7. The molecule has 0 bridgehead atoms. The molecule has 0 aliphatic carbocycles. The number of ether oxygens (including phenoxy) is 4. The number of nitrogens with one attached hydrogen (secondary N) is 1. The molecule has 0 unspecified atom stereocenters. The largest absolute Gasteiger partial charge is 0.490 e. The predicted molar refractivity (Wildman–Crippen MR) is 144 cm³/mol. The first-order chi connectivity index (χ1) is 18.4. The van der Waals surface area contributed by atoms with Gasteiger partial charge in [0.05, 0.1) is 18.2 Å². The molecule has 0 aliphatic rings. The third-order valence-electron chi connectivity index (χ3n) is 5.01. The number of nitriles is 1. The molecule has 3 aromatic carbocycles. The standard InChI is InChI=1S/C29H27ClN2O6/c1-3-35-26-16-21(15-25(30)28(26)38-19-27(33)36-4-2)14-22(17-31)29(34)32-23-10-12-24(13-11-23)37-18-20-8-6-5-7-9-20/h5-16H,3-4,18-19H2,1-2H3,(H,32,34)/b22-14+. The van der Waals surface area contributed by atoms with E-state index >= 15 is 0 Å². The Labute approximate surface area is 226 Å². The van der Waals surface area contributed by atoms with Crippen LogP contribution in [0.1, 0.15) is 25.0 Å². The smallest absolute Gasteiger partial charge is 0.344 e. The summed E-state index contributed by atoms with van der Waals surface area (Å²) in [4.78, 5) is 24.4. The van der Waals surface area contributed by atoms with E-state index in [1.165, 1.54) is 12.1 Å². The Morgan fingerprint density at radius 1 is 0.974 bits per heavy atom. The molecule has 0 heterocycles. The van der Waals surface area contributed by atoms with Crippen molar-refractivity contribution in [3.63, 3.8) is 0 Å². The van der Waals surface area contributed by atoms with Crippen LogP contribution in [0.25, 0.3) is 6.08 Å². The normalized spacial score (nSPS) is 10.7. The molecule has 0 radical (unpaired) electrons. The highest BCUT2D eigenvalue weighted by molar-refractivity contribution is 6.32. The number of halogens is 1. The molecule has 1 amide bonds. The number of amides is 1. The lowest BCUT2D eigenvalue weighted by molar-refractivity contribution is -0.145. The summed E-state index contributed by atoms with van der Waals surface area (Å²) in [6.45, 7) is 4.07. The number of nitrogens with zero attached hydrogens (tertiary/aromatic N) is 1. The van der Waals surface area contributed by atoms with Crippen LogP contribution in [0.3, 0.4) is 0 Å². The Kier molecular flexibility index (Phi) is 10.6. The summed E-state index contributed by atoms with van der Waals surface area (Å²) in [5.41, 5.74) is 1.84. The minimum atomic E-state index is -0.595. The third-order valence-corrected chi connectivity index (χ3v) is 5.29. The highest BCUT2D eigenvalue weighted by atomic mass is 35.5. The zero-order chi connectivity index (χ0) is 27.3. The van der Waals surface area contributed by atoms with Crippen molar-refractivity contribution < 1.29 is 28.5 Å². The van der Waals surface area contributed by atoms with E-state index in [1.54, 1.807) is 44.2 Å². The Bertz CT molecular complexity index is 1320. The first kappa shape index (κ1) is 28.1. The maximum atomic E-state index is 12.8. The van der Waals surface area contributed by atoms with Gasteiger partial charge in [0.15, 0.2) is 18.1 Å². The minimum absolute atomic E-state index is 0.145. The molecule has 9 heteroatoms. The van der Waals surface area contributed by atoms with E-state index in [0.29, 0.717) is 30.2 Å². The van der Waals surface area contributed by atoms with Crippen LogP contribution in [0.5, 0.6) is 17.2 Å². The first-order valence-corrected chi connectivity index (χ1v) is 12.3. The predicted octanol–water partition coefficient (Wildman–Crippen LogP) is 5.81. The number of anilines is 1. The van der Waals surface area contributed by atoms with Crippen LogP contribution < -0.4 is 19.5 Å². The average molecular weight is 535 g/mol. The molecule has 0 saturated carbocycles. The fourth-order valence-corrected chi connectivity index (χ4v) is 3.57. The summed E-state index contributed by atoms with van der Waals surface area (Å²) in [7, 11) is 0. The van der Waals surface area contributed by atoms with Gasteiger partial charge in [0, 0.05) is 5.69 Å². The Balaban J connectivity index is 1.70. The minimum Gasteiger partial charge on any atom is -0.490 e. The molecule has 196 valence electrons. The second kappa shape index (κ2) is 14.3. The maximum absolute atomic E-state index is 12.8. The van der Waals surface area contributed by atoms with Crippen LogP contribution in [0, 0.1) is 11.3 Å². The van der Waals surface area contributed by atoms with E-state index in [0.717, 1.165) is 5.56 Å². The average Bonchev–Trinajstić information content (AvgIpc) is 2.91. The molecule has 0 aromatic heterocycles. The van der Waals surface area contributed by atoms with E-state index in [4.69, 9.17) is 30.5 Å². The van der Waals surface area contributed by atoms with Gasteiger partial charge in [-0.3, -0.25) is 4.79 Å². The summed E-state index contributed by atoms with van der Waals surface area (Å²) in [5, 5.41) is 12.5. The van der Waals surface area contributed by atoms with Crippen molar-refractivity contribution >= 4 is 35.2 Å². The topological polar surface area (TPSA) is 107 Å². The number of carbonyl (C=O) groups excluding carboxylic acids is 2. The second-order valence-corrected chi connectivity index (χ2v) is 8.19. The lowest BCUT2D eigenvalue weighted by Crippen LogP contribution is -2.15. The van der Waals surface area contributed by atoms with Crippen molar-refractivity contribution in [1.29, 1.82) is 5.26 Å². The Hall–Kier alpha value is -4.48. The number of esters is 1. The second-order valence-electron chi connectivity index (χ2n) is 7.78. The van der Waals surface area contributed by atoms with Crippen LogP contribution in [-0.2, 0) is 20.9 Å². The number of rotatable bonds is 12. The van der Waals surface area contributed by atoms with Crippen LogP contribution >= 0.6 is 11.6 Å². The fourth-order valence-electron chi connectivity index (χ4n) is 3.30. The number of hydrogen-bond donors (Lipinski definition) is 1. The molecule has 0 aliphatic heterocycles. The van der Waals surface area contributed by atoms with Gasteiger partial charge >= 0.3 is 5.97 Å². The van der Waals surface area contributed by atoms with E-state index in [1.807, 2.05) is 36.4 Å². The lowest BCUT2D eigenvalue weighted by Gasteiger charge is -2.14. The van der Waals surface area contributed by atoms with Gasteiger partial charge in [0.25, 0.3) is 5.91 Å². The zero-order valence-electron chi connectivity index (χ0n) is 21.0. The summed E-state index contributed by atoms with van der Waals surface area (Å²) < 4.78 is 21.7. The van der Waals surface area contributed by atoms with Gasteiger partial charge in [-0.1, -0.05) is 41.9 Å². The van der Waals surface area contributed by atoms with E-state index in [2.05, 4.69) is 5.32 Å². The van der Waals surface area contributed by atoms with Crippen molar-refractivity contribution in [3.8, 4) is 23.3 Å². The Morgan fingerprint density at radius 3 is 2.37 bits per heavy atom. The molecule has 0 fully saturated rings. The molecule has 0 atom stereocenters. The summed E-state index contributed by atoms with van der Waals surface area (Å²) in [6.07, 6.45) is 1.39. The highest BCUT2D eigenvalue weighted by Crippen LogP contribution is 2.37. The Morgan fingerprint density at radius 2 is 1.71 bits per heavy atom. The summed E-state index contributed by atoms with van der Waals surface area (Å²) in [5.74, 6) is -0.0711. The van der Waals surface area contributed by atoms with Crippen molar-refractivity contribution in [1.82, 2.24) is 0 Å². The number of benzene rings is 3. The first-order valence-electron chi connectivity index (χ1n) is 11.9. The molecule has 3 rings (SSSR count).